The van der Waals surface area contributed by atoms with Gasteiger partial charge in [-0.25, -0.2) is 4.98 Å². The van der Waals surface area contributed by atoms with Gasteiger partial charge in [0.2, 0.25) is 11.8 Å². The summed E-state index contributed by atoms with van der Waals surface area (Å²) in [6.07, 6.45) is 0.982. The van der Waals surface area contributed by atoms with Gasteiger partial charge >= 0.3 is 6.18 Å². The number of hydrogen-bond acceptors (Lipinski definition) is 5. The number of carbonyl (C=O) groups is 2. The summed E-state index contributed by atoms with van der Waals surface area (Å²) in [5.74, 6) is -0.836. The van der Waals surface area contributed by atoms with Crippen LogP contribution in [0.5, 0.6) is 0 Å². The van der Waals surface area contributed by atoms with Crippen LogP contribution in [0.3, 0.4) is 0 Å². The van der Waals surface area contributed by atoms with Crippen molar-refractivity contribution in [3.05, 3.63) is 41.7 Å². The molecular weight excluding hydrogens is 433 g/mol. The van der Waals surface area contributed by atoms with Gasteiger partial charge in [-0.05, 0) is 31.0 Å². The molecule has 0 aliphatic heterocycles. The van der Waals surface area contributed by atoms with E-state index in [1.807, 2.05) is 0 Å². The quantitative estimate of drug-likeness (QED) is 0.531. The Morgan fingerprint density at radius 2 is 1.97 bits per heavy atom. The van der Waals surface area contributed by atoms with Crippen molar-refractivity contribution >= 4 is 29.3 Å². The van der Waals surface area contributed by atoms with E-state index in [4.69, 9.17) is 0 Å². The second kappa shape index (κ2) is 10.2. The van der Waals surface area contributed by atoms with Crippen molar-refractivity contribution < 1.29 is 27.9 Å². The number of halogens is 3. The van der Waals surface area contributed by atoms with Crippen molar-refractivity contribution in [3.8, 4) is 0 Å². The topological polar surface area (TPSA) is 96.2 Å². The zero-order valence-corrected chi connectivity index (χ0v) is 17.4. The lowest BCUT2D eigenvalue weighted by Crippen LogP contribution is -2.35. The van der Waals surface area contributed by atoms with E-state index in [1.165, 1.54) is 22.9 Å². The summed E-state index contributed by atoms with van der Waals surface area (Å²) >= 11 is 1.03. The van der Waals surface area contributed by atoms with E-state index in [0.29, 0.717) is 10.9 Å². The highest BCUT2D eigenvalue weighted by molar-refractivity contribution is 7.99. The zero-order valence-electron chi connectivity index (χ0n) is 16.6. The molecule has 2 amide bonds. The van der Waals surface area contributed by atoms with E-state index in [1.54, 1.807) is 0 Å². The SMILES string of the molecule is O=C(CSc1ncc(CO)n1CC(=O)NC1CCCC1)Nc1cccc(C(F)(F)F)c1. The molecule has 1 aliphatic rings. The Morgan fingerprint density at radius 1 is 1.23 bits per heavy atom. The van der Waals surface area contributed by atoms with Crippen molar-refractivity contribution in [2.45, 2.75) is 56.2 Å². The number of nitrogens with zero attached hydrogens (tertiary/aromatic N) is 2. The Hall–Kier alpha value is -2.53. The molecule has 11 heteroatoms. The number of aromatic nitrogens is 2. The van der Waals surface area contributed by atoms with E-state index < -0.39 is 17.6 Å². The second-order valence-corrected chi connectivity index (χ2v) is 8.18. The molecule has 31 heavy (non-hydrogen) atoms. The summed E-state index contributed by atoms with van der Waals surface area (Å²) in [4.78, 5) is 28.7. The molecule has 2 aromatic rings. The number of amides is 2. The van der Waals surface area contributed by atoms with Gasteiger partial charge in [0.1, 0.15) is 6.54 Å². The summed E-state index contributed by atoms with van der Waals surface area (Å²) in [5.41, 5.74) is -0.382. The maximum absolute atomic E-state index is 12.8. The number of alkyl halides is 3. The van der Waals surface area contributed by atoms with Crippen LogP contribution in [0.1, 0.15) is 36.9 Å². The normalized spacial score (nSPS) is 14.6. The summed E-state index contributed by atoms with van der Waals surface area (Å²) < 4.78 is 40.0. The van der Waals surface area contributed by atoms with Crippen LogP contribution in [-0.2, 0) is 28.9 Å². The van der Waals surface area contributed by atoms with E-state index in [9.17, 15) is 27.9 Å². The van der Waals surface area contributed by atoms with Crippen LogP contribution in [-0.4, -0.2) is 38.3 Å². The fraction of sp³-hybridized carbons (Fsp3) is 0.450. The Kier molecular flexibility index (Phi) is 7.60. The Balaban J connectivity index is 1.59. The molecule has 1 fully saturated rings. The van der Waals surface area contributed by atoms with Gasteiger partial charge in [0, 0.05) is 11.7 Å². The number of anilines is 1. The highest BCUT2D eigenvalue weighted by Crippen LogP contribution is 2.30. The van der Waals surface area contributed by atoms with Crippen LogP contribution < -0.4 is 10.6 Å². The number of thioether (sulfide) groups is 1. The first-order chi connectivity index (χ1) is 14.8. The molecule has 3 rings (SSSR count). The number of rotatable bonds is 8. The molecular formula is C20H23F3N4O3S. The third kappa shape index (κ3) is 6.47. The average molecular weight is 456 g/mol. The zero-order chi connectivity index (χ0) is 22.4. The van der Waals surface area contributed by atoms with Crippen LogP contribution in [0.2, 0.25) is 0 Å². The third-order valence-corrected chi connectivity index (χ3v) is 5.88. The Bertz CT molecular complexity index is 927. The highest BCUT2D eigenvalue weighted by Gasteiger charge is 2.30. The first-order valence-corrected chi connectivity index (χ1v) is 10.8. The van der Waals surface area contributed by atoms with Crippen LogP contribution in [0, 0.1) is 0 Å². The lowest BCUT2D eigenvalue weighted by molar-refractivity contribution is -0.137. The second-order valence-electron chi connectivity index (χ2n) is 7.24. The van der Waals surface area contributed by atoms with Crippen LogP contribution >= 0.6 is 11.8 Å². The number of nitrogens with one attached hydrogen (secondary N) is 2. The van der Waals surface area contributed by atoms with Gasteiger partial charge in [-0.1, -0.05) is 30.7 Å². The van der Waals surface area contributed by atoms with Crippen molar-refractivity contribution in [1.29, 1.82) is 0 Å². The van der Waals surface area contributed by atoms with Crippen LogP contribution in [0.4, 0.5) is 18.9 Å². The van der Waals surface area contributed by atoms with Crippen molar-refractivity contribution in [3.63, 3.8) is 0 Å². The highest BCUT2D eigenvalue weighted by atomic mass is 32.2. The Labute approximate surface area is 181 Å². The van der Waals surface area contributed by atoms with Gasteiger partial charge in [-0.2, -0.15) is 13.2 Å². The summed E-state index contributed by atoms with van der Waals surface area (Å²) in [5, 5.41) is 15.3. The first kappa shape index (κ1) is 23.1. The summed E-state index contributed by atoms with van der Waals surface area (Å²) in [7, 11) is 0. The first-order valence-electron chi connectivity index (χ1n) is 9.81. The molecule has 0 bridgehead atoms. The molecule has 0 saturated heterocycles. The average Bonchev–Trinajstić information content (AvgIpc) is 3.35. The number of imidazole rings is 1. The van der Waals surface area contributed by atoms with Gasteiger partial charge in [0.05, 0.1) is 29.8 Å². The molecule has 0 unspecified atom stereocenters. The minimum Gasteiger partial charge on any atom is -0.390 e. The molecule has 1 aromatic heterocycles. The molecule has 0 atom stereocenters. The number of aliphatic hydroxyl groups excluding tert-OH is 1. The van der Waals surface area contributed by atoms with E-state index >= 15 is 0 Å². The molecule has 0 spiro atoms. The van der Waals surface area contributed by atoms with Gasteiger partial charge < -0.3 is 20.3 Å². The lowest BCUT2D eigenvalue weighted by atomic mass is 10.2. The van der Waals surface area contributed by atoms with Crippen molar-refractivity contribution in [2.75, 3.05) is 11.1 Å². The molecule has 1 heterocycles. The number of aliphatic hydroxyl groups is 1. The van der Waals surface area contributed by atoms with Crippen LogP contribution in [0.25, 0.3) is 0 Å². The maximum Gasteiger partial charge on any atom is 0.416 e. The Morgan fingerprint density at radius 3 is 2.65 bits per heavy atom. The minimum absolute atomic E-state index is 0.0377. The number of hydrogen-bond donors (Lipinski definition) is 3. The molecule has 168 valence electrons. The van der Waals surface area contributed by atoms with E-state index in [-0.39, 0.29) is 36.5 Å². The summed E-state index contributed by atoms with van der Waals surface area (Å²) in [6.45, 7) is -0.356. The van der Waals surface area contributed by atoms with Crippen molar-refractivity contribution in [2.24, 2.45) is 0 Å². The lowest BCUT2D eigenvalue weighted by Gasteiger charge is -2.14. The largest absolute Gasteiger partial charge is 0.416 e. The fourth-order valence-corrected chi connectivity index (χ4v) is 4.19. The standard InChI is InChI=1S/C20H23F3N4O3S/c21-20(22,23)13-4-3-7-15(8-13)26-18(30)12-31-19-24-9-16(11-28)27(19)10-17(29)25-14-5-1-2-6-14/h3-4,7-9,14,28H,1-2,5-6,10-12H2,(H,25,29)(H,26,30). The maximum atomic E-state index is 12.8. The predicted octanol–water partition coefficient (Wildman–Crippen LogP) is 3.18. The van der Waals surface area contributed by atoms with E-state index in [2.05, 4.69) is 15.6 Å². The smallest absolute Gasteiger partial charge is 0.390 e. The minimum atomic E-state index is -4.50. The molecule has 1 aliphatic carbocycles. The molecule has 1 aromatic carbocycles. The monoisotopic (exact) mass is 456 g/mol. The van der Waals surface area contributed by atoms with Crippen LogP contribution in [0.15, 0.2) is 35.6 Å². The van der Waals surface area contributed by atoms with E-state index in [0.717, 1.165) is 49.6 Å². The number of benzene rings is 1. The fourth-order valence-electron chi connectivity index (χ4n) is 3.39. The van der Waals surface area contributed by atoms with Gasteiger partial charge in [-0.3, -0.25) is 9.59 Å². The van der Waals surface area contributed by atoms with Gasteiger partial charge in [0.25, 0.3) is 0 Å². The van der Waals surface area contributed by atoms with Crippen molar-refractivity contribution in [1.82, 2.24) is 14.9 Å². The van der Waals surface area contributed by atoms with Gasteiger partial charge in [0.15, 0.2) is 5.16 Å². The van der Waals surface area contributed by atoms with Gasteiger partial charge in [-0.15, -0.1) is 0 Å². The molecule has 7 nitrogen and oxygen atoms in total. The predicted molar refractivity (Wildman–Crippen MR) is 109 cm³/mol. The molecule has 3 N–H and O–H groups in total. The third-order valence-electron chi connectivity index (χ3n) is 4.89. The summed E-state index contributed by atoms with van der Waals surface area (Å²) in [6, 6.07) is 4.53. The number of carbonyl (C=O) groups excluding carboxylic acids is 2. The molecule has 1 saturated carbocycles. The molecule has 0 radical (unpaired) electrons.